The first-order valence-electron chi connectivity index (χ1n) is 4.38. The zero-order valence-corrected chi connectivity index (χ0v) is 9.30. The van der Waals surface area contributed by atoms with Crippen LogP contribution in [0, 0.1) is 18.3 Å². The number of rotatable bonds is 3. The second kappa shape index (κ2) is 5.27. The minimum Gasteiger partial charge on any atom is -0.462 e. The van der Waals surface area contributed by atoms with Crippen LogP contribution in [-0.2, 0) is 9.53 Å². The van der Waals surface area contributed by atoms with Gasteiger partial charge in [0.25, 0.3) is 0 Å². The number of hydrogen-bond donors (Lipinski definition) is 0. The molecule has 1 heterocycles. The summed E-state index contributed by atoms with van der Waals surface area (Å²) in [6, 6.07) is 1.80. The van der Waals surface area contributed by atoms with Gasteiger partial charge in [-0.15, -0.1) is 11.3 Å². The Kier molecular flexibility index (Phi) is 4.01. The third kappa shape index (κ3) is 3.18. The van der Waals surface area contributed by atoms with Crippen LogP contribution in [0.5, 0.6) is 0 Å². The number of carbonyl (C=O) groups excluding carboxylic acids is 1. The van der Waals surface area contributed by atoms with Crippen molar-refractivity contribution in [2.24, 2.45) is 0 Å². The van der Waals surface area contributed by atoms with Gasteiger partial charge in [-0.3, -0.25) is 0 Å². The summed E-state index contributed by atoms with van der Waals surface area (Å²) in [4.78, 5) is 15.4. The maximum atomic E-state index is 11.2. The number of thiazole rings is 1. The molecule has 0 aliphatic carbocycles. The summed E-state index contributed by atoms with van der Waals surface area (Å²) in [7, 11) is 0. The molecule has 4 nitrogen and oxygen atoms in total. The normalized spacial score (nSPS) is 10.9. The molecule has 0 N–H and O–H groups in total. The summed E-state index contributed by atoms with van der Waals surface area (Å²) in [5.74, 6) is -0.604. The largest absolute Gasteiger partial charge is 0.462 e. The molecule has 78 valence electrons. The highest BCUT2D eigenvalue weighted by molar-refractivity contribution is 7.10. The highest BCUT2D eigenvalue weighted by atomic mass is 32.1. The average Bonchev–Trinajstić information content (AvgIpc) is 2.61. The summed E-state index contributed by atoms with van der Waals surface area (Å²) in [5.41, 5.74) is 0.846. The summed E-state index contributed by atoms with van der Waals surface area (Å²) < 4.78 is 4.72. The molecule has 0 amide bonds. The van der Waals surface area contributed by atoms with Gasteiger partial charge in [0.05, 0.1) is 6.61 Å². The first kappa shape index (κ1) is 11.4. The molecule has 1 aromatic rings. The van der Waals surface area contributed by atoms with Gasteiger partial charge in [0.2, 0.25) is 0 Å². The molecule has 1 aromatic heterocycles. The van der Waals surface area contributed by atoms with Gasteiger partial charge < -0.3 is 4.74 Å². The predicted molar refractivity (Wildman–Crippen MR) is 57.1 cm³/mol. The van der Waals surface area contributed by atoms with Crippen molar-refractivity contribution >= 4 is 23.4 Å². The molecular weight excluding hydrogens is 212 g/mol. The van der Waals surface area contributed by atoms with E-state index in [9.17, 15) is 4.79 Å². The van der Waals surface area contributed by atoms with Crippen LogP contribution < -0.4 is 0 Å². The number of ether oxygens (including phenoxy) is 1. The van der Waals surface area contributed by atoms with Gasteiger partial charge in [0.15, 0.2) is 0 Å². The topological polar surface area (TPSA) is 63.0 Å². The van der Waals surface area contributed by atoms with E-state index in [-0.39, 0.29) is 12.2 Å². The molecule has 0 saturated carbocycles. The van der Waals surface area contributed by atoms with Gasteiger partial charge >= 0.3 is 5.97 Å². The van der Waals surface area contributed by atoms with Gasteiger partial charge in [0.1, 0.15) is 16.6 Å². The quantitative estimate of drug-likeness (QED) is 0.445. The van der Waals surface area contributed by atoms with Crippen molar-refractivity contribution < 1.29 is 9.53 Å². The Bertz CT molecular complexity index is 429. The first-order chi connectivity index (χ1) is 7.17. The summed E-state index contributed by atoms with van der Waals surface area (Å²) >= 11 is 1.38. The monoisotopic (exact) mass is 222 g/mol. The Labute approximate surface area is 91.8 Å². The Hall–Kier alpha value is -1.67. The highest BCUT2D eigenvalue weighted by Gasteiger charge is 2.10. The van der Waals surface area contributed by atoms with Crippen LogP contribution in [0.15, 0.2) is 11.0 Å². The average molecular weight is 222 g/mol. The molecule has 1 rings (SSSR count). The fourth-order valence-electron chi connectivity index (χ4n) is 0.908. The van der Waals surface area contributed by atoms with E-state index in [4.69, 9.17) is 10.00 Å². The van der Waals surface area contributed by atoms with Crippen LogP contribution in [0.3, 0.4) is 0 Å². The molecule has 0 unspecified atom stereocenters. The molecular formula is C10H10N2O2S. The van der Waals surface area contributed by atoms with E-state index in [1.54, 1.807) is 13.0 Å². The number of esters is 1. The van der Waals surface area contributed by atoms with E-state index < -0.39 is 5.97 Å². The molecule has 0 spiro atoms. The Morgan fingerprint density at radius 2 is 2.53 bits per heavy atom. The maximum absolute atomic E-state index is 11.2. The minimum absolute atomic E-state index is 0.0220. The SMILES string of the molecule is CCOC(=O)/C(C#N)=C/c1nc(C)cs1. The number of aryl methyl sites for hydroxylation is 1. The molecule has 5 heteroatoms. The number of carbonyl (C=O) groups is 1. The van der Waals surface area contributed by atoms with Crippen molar-refractivity contribution in [1.82, 2.24) is 4.98 Å². The van der Waals surface area contributed by atoms with Crippen LogP contribution in [0.1, 0.15) is 17.6 Å². The van der Waals surface area contributed by atoms with Gasteiger partial charge in [-0.25, -0.2) is 9.78 Å². The van der Waals surface area contributed by atoms with Gasteiger partial charge in [0, 0.05) is 11.1 Å². The Balaban J connectivity index is 2.88. The predicted octanol–water partition coefficient (Wildman–Crippen LogP) is 1.92. The fraction of sp³-hybridized carbons (Fsp3) is 0.300. The second-order valence-corrected chi connectivity index (χ2v) is 3.61. The van der Waals surface area contributed by atoms with Crippen molar-refractivity contribution in [1.29, 1.82) is 5.26 Å². The smallest absolute Gasteiger partial charge is 0.348 e. The van der Waals surface area contributed by atoms with E-state index in [2.05, 4.69) is 4.98 Å². The summed E-state index contributed by atoms with van der Waals surface area (Å²) in [6.45, 7) is 3.80. The zero-order chi connectivity index (χ0) is 11.3. The molecule has 0 fully saturated rings. The van der Waals surface area contributed by atoms with Gasteiger partial charge in [-0.2, -0.15) is 5.26 Å². The number of aromatic nitrogens is 1. The lowest BCUT2D eigenvalue weighted by Gasteiger charge is -1.97. The molecule has 0 radical (unpaired) electrons. The molecule has 0 aliphatic heterocycles. The van der Waals surface area contributed by atoms with Gasteiger partial charge in [-0.1, -0.05) is 0 Å². The van der Waals surface area contributed by atoms with Crippen LogP contribution in [-0.4, -0.2) is 17.6 Å². The standard InChI is InChI=1S/C10H10N2O2S/c1-3-14-10(13)8(5-11)4-9-12-7(2)6-15-9/h4,6H,3H2,1-2H3/b8-4+. The van der Waals surface area contributed by atoms with Crippen LogP contribution in [0.2, 0.25) is 0 Å². The van der Waals surface area contributed by atoms with E-state index in [0.29, 0.717) is 5.01 Å². The number of nitrogens with zero attached hydrogens (tertiary/aromatic N) is 2. The zero-order valence-electron chi connectivity index (χ0n) is 8.48. The van der Waals surface area contributed by atoms with E-state index in [1.165, 1.54) is 17.4 Å². The maximum Gasteiger partial charge on any atom is 0.348 e. The van der Waals surface area contributed by atoms with Crippen molar-refractivity contribution in [3.05, 3.63) is 21.7 Å². The van der Waals surface area contributed by atoms with Crippen LogP contribution in [0.4, 0.5) is 0 Å². The molecule has 0 aliphatic rings. The lowest BCUT2D eigenvalue weighted by atomic mass is 10.3. The summed E-state index contributed by atoms with van der Waals surface area (Å²) in [5, 5.41) is 11.2. The van der Waals surface area contributed by atoms with Crippen LogP contribution in [0.25, 0.3) is 6.08 Å². The third-order valence-corrected chi connectivity index (χ3v) is 2.43. The number of hydrogen-bond acceptors (Lipinski definition) is 5. The summed E-state index contributed by atoms with van der Waals surface area (Å²) in [6.07, 6.45) is 1.44. The Morgan fingerprint density at radius 3 is 3.00 bits per heavy atom. The molecule has 0 atom stereocenters. The minimum atomic E-state index is -0.604. The van der Waals surface area contributed by atoms with Crippen LogP contribution >= 0.6 is 11.3 Å². The molecule has 15 heavy (non-hydrogen) atoms. The van der Waals surface area contributed by atoms with E-state index >= 15 is 0 Å². The number of nitriles is 1. The van der Waals surface area contributed by atoms with Crippen molar-refractivity contribution in [2.75, 3.05) is 6.61 Å². The molecule has 0 bridgehead atoms. The van der Waals surface area contributed by atoms with E-state index in [1.807, 2.05) is 12.3 Å². The first-order valence-corrected chi connectivity index (χ1v) is 5.26. The van der Waals surface area contributed by atoms with E-state index in [0.717, 1.165) is 5.69 Å². The van der Waals surface area contributed by atoms with Crippen molar-refractivity contribution in [3.63, 3.8) is 0 Å². The fourth-order valence-corrected chi connectivity index (χ4v) is 1.63. The lowest BCUT2D eigenvalue weighted by molar-refractivity contribution is -0.137. The van der Waals surface area contributed by atoms with Crippen molar-refractivity contribution in [2.45, 2.75) is 13.8 Å². The highest BCUT2D eigenvalue weighted by Crippen LogP contribution is 2.13. The third-order valence-electron chi connectivity index (χ3n) is 1.52. The lowest BCUT2D eigenvalue weighted by Crippen LogP contribution is -2.05. The van der Waals surface area contributed by atoms with Crippen molar-refractivity contribution in [3.8, 4) is 6.07 Å². The molecule has 0 aromatic carbocycles. The molecule has 0 saturated heterocycles. The van der Waals surface area contributed by atoms with Gasteiger partial charge in [-0.05, 0) is 19.9 Å². The Morgan fingerprint density at radius 1 is 1.80 bits per heavy atom. The second-order valence-electron chi connectivity index (χ2n) is 2.72.